The van der Waals surface area contributed by atoms with Crippen LogP contribution in [0.1, 0.15) is 0 Å². The average Bonchev–Trinajstić information content (AvgIpc) is 3.91. The SMILES string of the molecule is c1ccc(-c2cccc(-c3cc4sc5c(-c6nc(-c7ccccc7)nc(-c7cccc8oc9c(-c%10ccccc%10)cccc9c78)n6)cccc5c4c4ccccc34)c2)cc1. The van der Waals surface area contributed by atoms with E-state index in [9.17, 15) is 0 Å². The molecular formula is C55H33N3OS. The Bertz CT molecular complexity index is 3590. The number of rotatable bonds is 6. The van der Waals surface area contributed by atoms with E-state index in [4.69, 9.17) is 19.4 Å². The minimum absolute atomic E-state index is 0.599. The van der Waals surface area contributed by atoms with Gasteiger partial charge in [0, 0.05) is 53.2 Å². The third-order valence-corrected chi connectivity index (χ3v) is 12.7. The van der Waals surface area contributed by atoms with E-state index in [-0.39, 0.29) is 0 Å². The highest BCUT2D eigenvalue weighted by Gasteiger charge is 2.22. The van der Waals surface area contributed by atoms with Crippen molar-refractivity contribution in [3.63, 3.8) is 0 Å². The van der Waals surface area contributed by atoms with E-state index in [1.807, 2.05) is 36.4 Å². The highest BCUT2D eigenvalue weighted by atomic mass is 32.1. The van der Waals surface area contributed by atoms with E-state index >= 15 is 0 Å². The zero-order chi connectivity index (χ0) is 39.6. The number of aromatic nitrogens is 3. The number of furan rings is 1. The number of fused-ring (bicyclic) bond motifs is 8. The van der Waals surface area contributed by atoms with Crippen LogP contribution >= 0.6 is 11.3 Å². The fourth-order valence-electron chi connectivity index (χ4n) is 8.79. The maximum Gasteiger partial charge on any atom is 0.165 e. The first-order valence-corrected chi connectivity index (χ1v) is 20.9. The van der Waals surface area contributed by atoms with E-state index in [1.165, 1.54) is 48.5 Å². The highest BCUT2D eigenvalue weighted by Crippen LogP contribution is 2.46. The number of hydrogen-bond acceptors (Lipinski definition) is 5. The van der Waals surface area contributed by atoms with Gasteiger partial charge in [-0.2, -0.15) is 0 Å². The maximum absolute atomic E-state index is 6.66. The Morgan fingerprint density at radius 2 is 0.883 bits per heavy atom. The summed E-state index contributed by atoms with van der Waals surface area (Å²) in [4.78, 5) is 15.8. The van der Waals surface area contributed by atoms with Gasteiger partial charge in [-0.25, -0.2) is 15.0 Å². The van der Waals surface area contributed by atoms with Crippen LogP contribution in [-0.2, 0) is 0 Å². The number of benzene rings is 9. The molecule has 0 aliphatic rings. The molecule has 0 fully saturated rings. The Morgan fingerprint density at radius 1 is 0.333 bits per heavy atom. The fourth-order valence-corrected chi connectivity index (χ4v) is 10.1. The molecule has 0 atom stereocenters. The lowest BCUT2D eigenvalue weighted by atomic mass is 9.93. The summed E-state index contributed by atoms with van der Waals surface area (Å²) in [6.07, 6.45) is 0. The summed E-state index contributed by atoms with van der Waals surface area (Å²) in [5, 5.41) is 6.90. The summed E-state index contributed by atoms with van der Waals surface area (Å²) in [6, 6.07) is 70.3. The monoisotopic (exact) mass is 783 g/mol. The van der Waals surface area contributed by atoms with Crippen LogP contribution in [0.25, 0.3) is 120 Å². The second-order valence-electron chi connectivity index (χ2n) is 15.1. The Hall–Kier alpha value is -7.73. The normalized spacial score (nSPS) is 11.7. The van der Waals surface area contributed by atoms with Crippen LogP contribution in [0, 0.1) is 0 Å². The smallest absolute Gasteiger partial charge is 0.165 e. The highest BCUT2D eigenvalue weighted by molar-refractivity contribution is 7.26. The largest absolute Gasteiger partial charge is 0.455 e. The fraction of sp³-hybridized carbons (Fsp3) is 0. The Labute approximate surface area is 349 Å². The van der Waals surface area contributed by atoms with E-state index in [1.54, 1.807) is 11.3 Å². The molecule has 0 saturated heterocycles. The van der Waals surface area contributed by atoms with Crippen molar-refractivity contribution < 1.29 is 4.42 Å². The molecule has 280 valence electrons. The minimum Gasteiger partial charge on any atom is -0.455 e. The third kappa shape index (κ3) is 5.63. The van der Waals surface area contributed by atoms with E-state index in [0.29, 0.717) is 17.5 Å². The lowest BCUT2D eigenvalue weighted by molar-refractivity contribution is 0.670. The van der Waals surface area contributed by atoms with Crippen molar-refractivity contribution >= 4 is 64.2 Å². The number of hydrogen-bond donors (Lipinski definition) is 0. The molecule has 0 aliphatic carbocycles. The zero-order valence-corrected chi connectivity index (χ0v) is 33.0. The number of nitrogens with zero attached hydrogens (tertiary/aromatic N) is 3. The maximum atomic E-state index is 6.66. The van der Waals surface area contributed by atoms with Crippen LogP contribution in [0.15, 0.2) is 205 Å². The summed E-state index contributed by atoms with van der Waals surface area (Å²) in [5.74, 6) is 1.85. The number of para-hydroxylation sites is 1. The van der Waals surface area contributed by atoms with Crippen molar-refractivity contribution in [3.8, 4) is 67.5 Å². The molecule has 0 unspecified atom stereocenters. The third-order valence-electron chi connectivity index (χ3n) is 11.5. The van der Waals surface area contributed by atoms with Gasteiger partial charge in [0.25, 0.3) is 0 Å². The lowest BCUT2D eigenvalue weighted by Gasteiger charge is -2.11. The molecule has 0 radical (unpaired) electrons. The molecule has 9 aromatic carbocycles. The molecule has 0 spiro atoms. The van der Waals surface area contributed by atoms with Crippen molar-refractivity contribution in [1.29, 1.82) is 0 Å². The van der Waals surface area contributed by atoms with Crippen molar-refractivity contribution in [2.24, 2.45) is 0 Å². The van der Waals surface area contributed by atoms with Gasteiger partial charge in [-0.15, -0.1) is 11.3 Å². The van der Waals surface area contributed by atoms with Crippen LogP contribution in [-0.4, -0.2) is 15.0 Å². The summed E-state index contributed by atoms with van der Waals surface area (Å²) >= 11 is 1.80. The quantitative estimate of drug-likeness (QED) is 0.169. The summed E-state index contributed by atoms with van der Waals surface area (Å²) < 4.78 is 9.02. The summed E-state index contributed by atoms with van der Waals surface area (Å²) in [6.45, 7) is 0. The molecule has 0 saturated carbocycles. The Morgan fingerprint density at radius 3 is 1.67 bits per heavy atom. The molecule has 3 aromatic heterocycles. The van der Waals surface area contributed by atoms with Gasteiger partial charge >= 0.3 is 0 Å². The second kappa shape index (κ2) is 14.0. The predicted octanol–water partition coefficient (Wildman–Crippen LogP) is 15.3. The van der Waals surface area contributed by atoms with Crippen LogP contribution in [0.3, 0.4) is 0 Å². The van der Waals surface area contributed by atoms with Gasteiger partial charge in [-0.1, -0.05) is 176 Å². The van der Waals surface area contributed by atoms with Gasteiger partial charge < -0.3 is 4.42 Å². The second-order valence-corrected chi connectivity index (χ2v) is 16.1. The van der Waals surface area contributed by atoms with Gasteiger partial charge in [-0.05, 0) is 62.9 Å². The molecule has 0 N–H and O–H groups in total. The lowest BCUT2D eigenvalue weighted by Crippen LogP contribution is -2.00. The van der Waals surface area contributed by atoms with Gasteiger partial charge in [-0.3, -0.25) is 0 Å². The molecule has 4 nitrogen and oxygen atoms in total. The molecule has 0 bridgehead atoms. The zero-order valence-electron chi connectivity index (χ0n) is 32.2. The first kappa shape index (κ1) is 34.3. The summed E-state index contributed by atoms with van der Waals surface area (Å²) in [7, 11) is 0. The first-order valence-electron chi connectivity index (χ1n) is 20.1. The van der Waals surface area contributed by atoms with Crippen molar-refractivity contribution in [2.75, 3.05) is 0 Å². The van der Waals surface area contributed by atoms with Gasteiger partial charge in [0.05, 0.1) is 0 Å². The molecule has 12 rings (SSSR count). The van der Waals surface area contributed by atoms with Crippen LogP contribution in [0.2, 0.25) is 0 Å². The Balaban J connectivity index is 1.08. The van der Waals surface area contributed by atoms with E-state index in [0.717, 1.165) is 54.5 Å². The summed E-state index contributed by atoms with van der Waals surface area (Å²) in [5.41, 5.74) is 11.4. The average molecular weight is 784 g/mol. The topological polar surface area (TPSA) is 51.8 Å². The first-order chi connectivity index (χ1) is 29.7. The van der Waals surface area contributed by atoms with E-state index in [2.05, 4.69) is 164 Å². The molecule has 3 heterocycles. The van der Waals surface area contributed by atoms with Crippen LogP contribution in [0.4, 0.5) is 0 Å². The molecule has 5 heteroatoms. The van der Waals surface area contributed by atoms with Gasteiger partial charge in [0.1, 0.15) is 11.2 Å². The molecule has 60 heavy (non-hydrogen) atoms. The van der Waals surface area contributed by atoms with Crippen molar-refractivity contribution in [3.05, 3.63) is 200 Å². The molecule has 0 amide bonds. The van der Waals surface area contributed by atoms with E-state index < -0.39 is 0 Å². The standard InChI is InChI=1S/C55H33N3OS/c1-4-16-34(17-5-1)37-22-12-23-38(32-37)46-33-48-50(41-25-11-10-24-40(41)46)43-28-14-30-45(52(43)60-48)55-57-53(36-20-8-3-9-21-36)56-54(58-55)44-29-15-31-47-49(44)42-27-13-26-39(51(42)59-47)35-18-6-2-7-19-35/h1-33H. The number of thiophene rings is 1. The van der Waals surface area contributed by atoms with Crippen LogP contribution in [0.5, 0.6) is 0 Å². The van der Waals surface area contributed by atoms with Gasteiger partial charge in [0.15, 0.2) is 17.5 Å². The van der Waals surface area contributed by atoms with Crippen molar-refractivity contribution in [1.82, 2.24) is 15.0 Å². The minimum atomic E-state index is 0.599. The van der Waals surface area contributed by atoms with Crippen LogP contribution < -0.4 is 0 Å². The molecular weight excluding hydrogens is 751 g/mol. The Kier molecular flexibility index (Phi) is 8.00. The molecule has 12 aromatic rings. The van der Waals surface area contributed by atoms with Crippen molar-refractivity contribution in [2.45, 2.75) is 0 Å². The predicted molar refractivity (Wildman–Crippen MR) is 250 cm³/mol. The van der Waals surface area contributed by atoms with Gasteiger partial charge in [0.2, 0.25) is 0 Å². The molecule has 0 aliphatic heterocycles.